The van der Waals surface area contributed by atoms with Gasteiger partial charge in [-0.05, 0) is 40.3 Å². The first-order valence-corrected chi connectivity index (χ1v) is 4.24. The lowest BCUT2D eigenvalue weighted by atomic mass is 10.2. The van der Waals surface area contributed by atoms with Gasteiger partial charge in [0.1, 0.15) is 0 Å². The predicted molar refractivity (Wildman–Crippen MR) is 50.1 cm³/mol. The zero-order chi connectivity index (χ0) is 7.56. The van der Waals surface area contributed by atoms with Gasteiger partial charge in [0.2, 0.25) is 0 Å². The average Bonchev–Trinajstić information content (AvgIpc) is 1.95. The molecule has 1 N–H and O–H groups in total. The molecule has 0 saturated heterocycles. The summed E-state index contributed by atoms with van der Waals surface area (Å²) in [4.78, 5) is 0. The Kier molecular flexibility index (Phi) is 2.95. The molecule has 0 bridgehead atoms. The van der Waals surface area contributed by atoms with E-state index in [9.17, 15) is 0 Å². The highest BCUT2D eigenvalue weighted by Gasteiger charge is 1.96. The Balaban J connectivity index is 3.04. The van der Waals surface area contributed by atoms with Gasteiger partial charge in [-0.15, -0.1) is 0 Å². The van der Waals surface area contributed by atoms with Crippen molar-refractivity contribution in [3.63, 3.8) is 0 Å². The molecule has 1 aromatic rings. The zero-order valence-electron chi connectivity index (χ0n) is 5.14. The SMILES string of the molecule is OCc1ccc(Cl)c(I)c1. The van der Waals surface area contributed by atoms with Gasteiger partial charge in [0.25, 0.3) is 0 Å². The first-order chi connectivity index (χ1) is 4.74. The molecule has 0 aliphatic carbocycles. The minimum absolute atomic E-state index is 0.0766. The van der Waals surface area contributed by atoms with Gasteiger partial charge in [-0.25, -0.2) is 0 Å². The number of benzene rings is 1. The maximum Gasteiger partial charge on any atom is 0.0682 e. The average molecular weight is 268 g/mol. The molecule has 0 spiro atoms. The Hall–Kier alpha value is 0.200. The highest BCUT2D eigenvalue weighted by molar-refractivity contribution is 14.1. The van der Waals surface area contributed by atoms with Gasteiger partial charge in [-0.3, -0.25) is 0 Å². The highest BCUT2D eigenvalue weighted by Crippen LogP contribution is 2.18. The van der Waals surface area contributed by atoms with Gasteiger partial charge in [-0.1, -0.05) is 17.7 Å². The molecule has 0 atom stereocenters. The number of aliphatic hydroxyl groups is 1. The zero-order valence-corrected chi connectivity index (χ0v) is 8.06. The predicted octanol–water partition coefficient (Wildman–Crippen LogP) is 2.44. The lowest BCUT2D eigenvalue weighted by Gasteiger charge is -1.97. The van der Waals surface area contributed by atoms with Crippen LogP contribution in [0.5, 0.6) is 0 Å². The van der Waals surface area contributed by atoms with Gasteiger partial charge in [0.05, 0.1) is 11.6 Å². The topological polar surface area (TPSA) is 20.2 Å². The molecule has 3 heteroatoms. The summed E-state index contributed by atoms with van der Waals surface area (Å²) in [7, 11) is 0. The van der Waals surface area contributed by atoms with E-state index < -0.39 is 0 Å². The summed E-state index contributed by atoms with van der Waals surface area (Å²) in [5, 5.41) is 9.44. The van der Waals surface area contributed by atoms with Crippen LogP contribution in [0.3, 0.4) is 0 Å². The summed E-state index contributed by atoms with van der Waals surface area (Å²) < 4.78 is 0.978. The molecular weight excluding hydrogens is 262 g/mol. The fourth-order valence-corrected chi connectivity index (χ4v) is 1.34. The van der Waals surface area contributed by atoms with E-state index in [2.05, 4.69) is 22.6 Å². The summed E-state index contributed by atoms with van der Waals surface area (Å²) in [6.45, 7) is 0.0766. The summed E-state index contributed by atoms with van der Waals surface area (Å²) in [5.74, 6) is 0. The Morgan fingerprint density at radius 1 is 1.50 bits per heavy atom. The van der Waals surface area contributed by atoms with Crippen LogP contribution in [-0.4, -0.2) is 5.11 Å². The normalized spacial score (nSPS) is 9.90. The second-order valence-corrected chi connectivity index (χ2v) is 3.48. The van der Waals surface area contributed by atoms with Crippen LogP contribution in [0, 0.1) is 3.57 Å². The molecule has 54 valence electrons. The van der Waals surface area contributed by atoms with E-state index in [4.69, 9.17) is 16.7 Å². The molecule has 10 heavy (non-hydrogen) atoms. The summed E-state index contributed by atoms with van der Waals surface area (Å²) >= 11 is 7.88. The minimum Gasteiger partial charge on any atom is -0.392 e. The Labute approximate surface area is 78.2 Å². The fourth-order valence-electron chi connectivity index (χ4n) is 0.638. The third-order valence-electron chi connectivity index (χ3n) is 1.17. The van der Waals surface area contributed by atoms with E-state index in [-0.39, 0.29) is 6.61 Å². The number of hydrogen-bond acceptors (Lipinski definition) is 1. The lowest BCUT2D eigenvalue weighted by Crippen LogP contribution is -1.83. The molecule has 0 aliphatic heterocycles. The molecule has 0 radical (unpaired) electrons. The van der Waals surface area contributed by atoms with Crippen molar-refractivity contribution in [3.8, 4) is 0 Å². The van der Waals surface area contributed by atoms with Crippen molar-refractivity contribution in [1.82, 2.24) is 0 Å². The number of aliphatic hydroxyl groups excluding tert-OH is 1. The molecule has 1 aromatic carbocycles. The van der Waals surface area contributed by atoms with Crippen LogP contribution in [0.4, 0.5) is 0 Å². The maximum absolute atomic E-state index is 8.71. The third-order valence-corrected chi connectivity index (χ3v) is 2.71. The summed E-state index contributed by atoms with van der Waals surface area (Å²) in [6.07, 6.45) is 0. The number of hydrogen-bond donors (Lipinski definition) is 1. The molecule has 0 amide bonds. The van der Waals surface area contributed by atoms with Gasteiger partial charge in [-0.2, -0.15) is 0 Å². The van der Waals surface area contributed by atoms with Gasteiger partial charge in [0, 0.05) is 3.57 Å². The second kappa shape index (κ2) is 3.55. The quantitative estimate of drug-likeness (QED) is 0.776. The fraction of sp³-hybridized carbons (Fsp3) is 0.143. The lowest BCUT2D eigenvalue weighted by molar-refractivity contribution is 0.282. The van der Waals surface area contributed by atoms with Crippen LogP contribution >= 0.6 is 34.2 Å². The molecule has 0 heterocycles. The first-order valence-electron chi connectivity index (χ1n) is 2.79. The molecule has 0 aromatic heterocycles. The van der Waals surface area contributed by atoms with Gasteiger partial charge >= 0.3 is 0 Å². The Morgan fingerprint density at radius 3 is 2.70 bits per heavy atom. The van der Waals surface area contributed by atoms with Crippen LogP contribution in [0.25, 0.3) is 0 Å². The molecule has 1 nitrogen and oxygen atoms in total. The smallest absolute Gasteiger partial charge is 0.0682 e. The standard InChI is InChI=1S/C7H6ClIO/c8-6-2-1-5(4-10)3-7(6)9/h1-3,10H,4H2. The van der Waals surface area contributed by atoms with Crippen LogP contribution in [0.1, 0.15) is 5.56 Å². The monoisotopic (exact) mass is 268 g/mol. The molecule has 1 rings (SSSR count). The van der Waals surface area contributed by atoms with Crippen LogP contribution in [-0.2, 0) is 6.61 Å². The van der Waals surface area contributed by atoms with Crippen molar-refractivity contribution in [1.29, 1.82) is 0 Å². The summed E-state index contributed by atoms with van der Waals surface area (Å²) in [5.41, 5.74) is 0.897. The molecule has 0 unspecified atom stereocenters. The minimum atomic E-state index is 0.0766. The largest absolute Gasteiger partial charge is 0.392 e. The highest BCUT2D eigenvalue weighted by atomic mass is 127. The van der Waals surface area contributed by atoms with Crippen molar-refractivity contribution >= 4 is 34.2 Å². The number of rotatable bonds is 1. The third kappa shape index (κ3) is 1.84. The molecular formula is C7H6ClIO. The van der Waals surface area contributed by atoms with Gasteiger partial charge in [0.15, 0.2) is 0 Å². The number of halogens is 2. The van der Waals surface area contributed by atoms with Crippen molar-refractivity contribution in [2.75, 3.05) is 0 Å². The maximum atomic E-state index is 8.71. The van der Waals surface area contributed by atoms with Crippen molar-refractivity contribution in [2.24, 2.45) is 0 Å². The van der Waals surface area contributed by atoms with E-state index >= 15 is 0 Å². The summed E-state index contributed by atoms with van der Waals surface area (Å²) in [6, 6.07) is 5.46. The first kappa shape index (κ1) is 8.30. The Morgan fingerprint density at radius 2 is 2.20 bits per heavy atom. The second-order valence-electron chi connectivity index (χ2n) is 1.91. The molecule has 0 saturated carbocycles. The van der Waals surface area contributed by atoms with Crippen LogP contribution in [0.15, 0.2) is 18.2 Å². The van der Waals surface area contributed by atoms with E-state index in [1.165, 1.54) is 0 Å². The molecule has 0 fully saturated rings. The van der Waals surface area contributed by atoms with Crippen molar-refractivity contribution in [3.05, 3.63) is 32.4 Å². The van der Waals surface area contributed by atoms with Gasteiger partial charge < -0.3 is 5.11 Å². The van der Waals surface area contributed by atoms with E-state index in [0.717, 1.165) is 14.2 Å². The van der Waals surface area contributed by atoms with E-state index in [1.807, 2.05) is 12.1 Å². The van der Waals surface area contributed by atoms with Crippen molar-refractivity contribution < 1.29 is 5.11 Å². The Bertz CT molecular complexity index is 237. The van der Waals surface area contributed by atoms with E-state index in [0.29, 0.717) is 0 Å². The van der Waals surface area contributed by atoms with Crippen LogP contribution in [0.2, 0.25) is 5.02 Å². The van der Waals surface area contributed by atoms with E-state index in [1.54, 1.807) is 6.07 Å². The van der Waals surface area contributed by atoms with Crippen molar-refractivity contribution in [2.45, 2.75) is 6.61 Å². The van der Waals surface area contributed by atoms with Crippen LogP contribution < -0.4 is 0 Å². The molecule has 0 aliphatic rings.